The molecule has 0 heterocycles. The Hall–Kier alpha value is -1.55. The second-order valence-corrected chi connectivity index (χ2v) is 6.84. The maximum atomic E-state index is 12.1. The fourth-order valence-electron chi connectivity index (χ4n) is 2.49. The normalized spacial score (nSPS) is 17.9. The van der Waals surface area contributed by atoms with E-state index in [4.69, 9.17) is 4.74 Å². The van der Waals surface area contributed by atoms with E-state index in [1.165, 1.54) is 0 Å². The summed E-state index contributed by atoms with van der Waals surface area (Å²) in [5.41, 5.74) is 0.797. The number of amides is 1. The van der Waals surface area contributed by atoms with Crippen molar-refractivity contribution < 1.29 is 9.53 Å². The van der Waals surface area contributed by atoms with Gasteiger partial charge in [0.2, 0.25) is 0 Å². The Morgan fingerprint density at radius 3 is 2.38 bits per heavy atom. The van der Waals surface area contributed by atoms with E-state index in [0.717, 1.165) is 24.8 Å². The van der Waals surface area contributed by atoms with Crippen LogP contribution in [-0.4, -0.2) is 24.3 Å². The van der Waals surface area contributed by atoms with Crippen molar-refractivity contribution in [3.8, 4) is 0 Å². The van der Waals surface area contributed by atoms with Crippen LogP contribution >= 0.6 is 0 Å². The lowest BCUT2D eigenvalue weighted by Crippen LogP contribution is -2.39. The number of benzene rings is 1. The van der Waals surface area contributed by atoms with Gasteiger partial charge in [-0.2, -0.15) is 0 Å². The third-order valence-electron chi connectivity index (χ3n) is 3.87. The van der Waals surface area contributed by atoms with E-state index >= 15 is 0 Å². The molecule has 0 spiro atoms. The molecule has 0 bridgehead atoms. The molecule has 1 aromatic rings. The summed E-state index contributed by atoms with van der Waals surface area (Å²) in [6.45, 7) is 5.63. The summed E-state index contributed by atoms with van der Waals surface area (Å²) < 4.78 is 5.39. The maximum absolute atomic E-state index is 12.1. The quantitative estimate of drug-likeness (QED) is 0.874. The molecular formula is C17H26N2O2. The molecule has 1 aliphatic carbocycles. The van der Waals surface area contributed by atoms with Gasteiger partial charge in [0.25, 0.3) is 0 Å². The molecule has 1 aromatic carbocycles. The van der Waals surface area contributed by atoms with Gasteiger partial charge in [0.1, 0.15) is 5.60 Å². The largest absolute Gasteiger partial charge is 0.444 e. The Labute approximate surface area is 127 Å². The van der Waals surface area contributed by atoms with Crippen LogP contribution in [0.5, 0.6) is 0 Å². The van der Waals surface area contributed by atoms with E-state index in [0.29, 0.717) is 0 Å². The molecule has 1 unspecified atom stereocenters. The molecule has 116 valence electrons. The molecule has 1 atom stereocenters. The van der Waals surface area contributed by atoms with Crippen LogP contribution in [0.2, 0.25) is 0 Å². The lowest BCUT2D eigenvalue weighted by molar-refractivity contribution is 0.0497. The molecule has 0 aromatic heterocycles. The zero-order valence-electron chi connectivity index (χ0n) is 13.4. The van der Waals surface area contributed by atoms with Crippen molar-refractivity contribution in [3.05, 3.63) is 35.9 Å². The first kappa shape index (κ1) is 15.8. The second kappa shape index (κ2) is 6.06. The molecule has 2 rings (SSSR count). The van der Waals surface area contributed by atoms with Gasteiger partial charge in [0, 0.05) is 5.54 Å². The predicted octanol–water partition coefficient (Wildman–Crippen LogP) is 3.39. The maximum Gasteiger partial charge on any atom is 0.408 e. The van der Waals surface area contributed by atoms with Crippen LogP contribution in [0.15, 0.2) is 30.3 Å². The van der Waals surface area contributed by atoms with E-state index in [9.17, 15) is 4.79 Å². The van der Waals surface area contributed by atoms with Crippen LogP contribution in [0.3, 0.4) is 0 Å². The summed E-state index contributed by atoms with van der Waals surface area (Å²) in [4.78, 5) is 12.1. The van der Waals surface area contributed by atoms with Crippen molar-refractivity contribution >= 4 is 6.09 Å². The number of carbonyl (C=O) groups excluding carboxylic acids is 1. The average molecular weight is 290 g/mol. The molecular weight excluding hydrogens is 264 g/mol. The monoisotopic (exact) mass is 290 g/mol. The summed E-state index contributed by atoms with van der Waals surface area (Å²) in [6.07, 6.45) is 2.83. The molecule has 4 nitrogen and oxygen atoms in total. The first-order valence-corrected chi connectivity index (χ1v) is 7.57. The Bertz CT molecular complexity index is 475. The molecule has 0 radical (unpaired) electrons. The standard InChI is InChI=1S/C17H26N2O2/c1-16(2,3)21-15(20)19-14(12-17(18-4)10-11-17)13-8-6-5-7-9-13/h5-9,14,18H,10-12H2,1-4H3,(H,19,20). The zero-order chi connectivity index (χ0) is 15.5. The van der Waals surface area contributed by atoms with Gasteiger partial charge in [-0.05, 0) is 52.6 Å². The van der Waals surface area contributed by atoms with Gasteiger partial charge in [-0.15, -0.1) is 0 Å². The van der Waals surface area contributed by atoms with Gasteiger partial charge in [0.15, 0.2) is 0 Å². The van der Waals surface area contributed by atoms with Crippen LogP contribution in [0.1, 0.15) is 51.6 Å². The topological polar surface area (TPSA) is 50.4 Å². The fourth-order valence-corrected chi connectivity index (χ4v) is 2.49. The van der Waals surface area contributed by atoms with Crippen molar-refractivity contribution in [2.45, 2.75) is 57.2 Å². The first-order valence-electron chi connectivity index (χ1n) is 7.57. The minimum atomic E-state index is -0.481. The molecule has 4 heteroatoms. The Balaban J connectivity index is 2.07. The lowest BCUT2D eigenvalue weighted by atomic mass is 9.98. The van der Waals surface area contributed by atoms with Crippen LogP contribution in [0, 0.1) is 0 Å². The number of hydrogen-bond acceptors (Lipinski definition) is 3. The van der Waals surface area contributed by atoms with Gasteiger partial charge >= 0.3 is 6.09 Å². The van der Waals surface area contributed by atoms with Crippen molar-refractivity contribution in [1.29, 1.82) is 0 Å². The highest BCUT2D eigenvalue weighted by molar-refractivity contribution is 5.68. The first-order chi connectivity index (χ1) is 9.84. The molecule has 2 N–H and O–H groups in total. The predicted molar refractivity (Wildman–Crippen MR) is 84.2 cm³/mol. The molecule has 0 aliphatic heterocycles. The Morgan fingerprint density at radius 2 is 1.90 bits per heavy atom. The minimum Gasteiger partial charge on any atom is -0.444 e. The molecule has 1 fully saturated rings. The third-order valence-corrected chi connectivity index (χ3v) is 3.87. The highest BCUT2D eigenvalue weighted by Gasteiger charge is 2.43. The van der Waals surface area contributed by atoms with Gasteiger partial charge < -0.3 is 15.4 Å². The van der Waals surface area contributed by atoms with E-state index in [2.05, 4.69) is 10.6 Å². The van der Waals surface area contributed by atoms with Gasteiger partial charge in [-0.25, -0.2) is 4.79 Å². The fraction of sp³-hybridized carbons (Fsp3) is 0.588. The summed E-state index contributed by atoms with van der Waals surface area (Å²) in [6, 6.07) is 10.0. The molecule has 0 saturated heterocycles. The SMILES string of the molecule is CNC1(CC(NC(=O)OC(C)(C)C)c2ccccc2)CC1. The van der Waals surface area contributed by atoms with Crippen LogP contribution in [-0.2, 0) is 4.74 Å². The van der Waals surface area contributed by atoms with E-state index in [-0.39, 0.29) is 17.7 Å². The third kappa shape index (κ3) is 4.74. The van der Waals surface area contributed by atoms with Gasteiger partial charge in [-0.3, -0.25) is 0 Å². The average Bonchev–Trinajstić information content (AvgIpc) is 3.17. The number of alkyl carbamates (subject to hydrolysis) is 1. The summed E-state index contributed by atoms with van der Waals surface area (Å²) in [5, 5.41) is 6.40. The number of hydrogen-bond donors (Lipinski definition) is 2. The second-order valence-electron chi connectivity index (χ2n) is 6.84. The van der Waals surface area contributed by atoms with Crippen molar-refractivity contribution in [3.63, 3.8) is 0 Å². The summed E-state index contributed by atoms with van der Waals surface area (Å²) in [5.74, 6) is 0. The number of ether oxygens (including phenoxy) is 1. The summed E-state index contributed by atoms with van der Waals surface area (Å²) in [7, 11) is 1.99. The molecule has 1 saturated carbocycles. The van der Waals surface area contributed by atoms with Gasteiger partial charge in [-0.1, -0.05) is 30.3 Å². The summed E-state index contributed by atoms with van der Waals surface area (Å²) >= 11 is 0. The van der Waals surface area contributed by atoms with Crippen LogP contribution in [0.4, 0.5) is 4.79 Å². The van der Waals surface area contributed by atoms with Crippen LogP contribution in [0.25, 0.3) is 0 Å². The Kier molecular flexibility index (Phi) is 4.57. The number of carbonyl (C=O) groups is 1. The van der Waals surface area contributed by atoms with Crippen molar-refractivity contribution in [2.24, 2.45) is 0 Å². The molecule has 1 aliphatic rings. The van der Waals surface area contributed by atoms with E-state index in [1.807, 2.05) is 58.2 Å². The van der Waals surface area contributed by atoms with Crippen LogP contribution < -0.4 is 10.6 Å². The van der Waals surface area contributed by atoms with E-state index in [1.54, 1.807) is 0 Å². The van der Waals surface area contributed by atoms with E-state index < -0.39 is 5.60 Å². The molecule has 1 amide bonds. The number of nitrogens with one attached hydrogen (secondary N) is 2. The highest BCUT2D eigenvalue weighted by Crippen LogP contribution is 2.42. The zero-order valence-corrected chi connectivity index (χ0v) is 13.4. The highest BCUT2D eigenvalue weighted by atomic mass is 16.6. The van der Waals surface area contributed by atoms with Crippen molar-refractivity contribution in [1.82, 2.24) is 10.6 Å². The number of rotatable bonds is 5. The smallest absolute Gasteiger partial charge is 0.408 e. The minimum absolute atomic E-state index is 0.0315. The molecule has 21 heavy (non-hydrogen) atoms. The van der Waals surface area contributed by atoms with Gasteiger partial charge in [0.05, 0.1) is 6.04 Å². The van der Waals surface area contributed by atoms with Crippen molar-refractivity contribution in [2.75, 3.05) is 7.05 Å². The Morgan fingerprint density at radius 1 is 1.29 bits per heavy atom. The lowest BCUT2D eigenvalue weighted by Gasteiger charge is -2.26.